The maximum Gasteiger partial charge on any atom is 0.321 e. The van der Waals surface area contributed by atoms with E-state index < -0.39 is 46.2 Å². The van der Waals surface area contributed by atoms with Gasteiger partial charge in [0.25, 0.3) is 5.91 Å². The molecule has 2 N–H and O–H groups in total. The van der Waals surface area contributed by atoms with Crippen LogP contribution >= 0.6 is 0 Å². The van der Waals surface area contributed by atoms with E-state index in [0.717, 1.165) is 18.2 Å². The van der Waals surface area contributed by atoms with E-state index in [9.17, 15) is 26.8 Å². The van der Waals surface area contributed by atoms with Crippen LogP contribution in [0, 0.1) is 11.6 Å². The predicted molar refractivity (Wildman–Crippen MR) is 92.2 cm³/mol. The monoisotopic (exact) mass is 398 g/mol. The number of ether oxygens (including phenoxy) is 1. The van der Waals surface area contributed by atoms with Gasteiger partial charge in [-0.3, -0.25) is 9.59 Å². The lowest BCUT2D eigenvalue weighted by Gasteiger charge is -2.14. The van der Waals surface area contributed by atoms with Crippen LogP contribution in [0.1, 0.15) is 6.92 Å². The predicted octanol–water partition coefficient (Wildman–Crippen LogP) is 1.81. The van der Waals surface area contributed by atoms with Gasteiger partial charge < -0.3 is 10.1 Å². The number of anilines is 1. The second kappa shape index (κ2) is 8.69. The fourth-order valence-corrected chi connectivity index (χ4v) is 2.94. The molecule has 2 aromatic carbocycles. The first-order valence-electron chi connectivity index (χ1n) is 7.69. The lowest BCUT2D eigenvalue weighted by atomic mass is 10.3. The van der Waals surface area contributed by atoms with Crippen molar-refractivity contribution in [3.8, 4) is 0 Å². The largest absolute Gasteiger partial charge is 0.452 e. The molecule has 0 spiro atoms. The summed E-state index contributed by atoms with van der Waals surface area (Å²) in [5.74, 6) is -3.99. The number of amides is 1. The fraction of sp³-hybridized carbons (Fsp3) is 0.176. The minimum atomic E-state index is -3.90. The summed E-state index contributed by atoms with van der Waals surface area (Å²) < 4.78 is 56.8. The maximum atomic E-state index is 13.1. The molecule has 0 fully saturated rings. The molecule has 1 amide bonds. The number of carbonyl (C=O) groups excluding carboxylic acids is 2. The van der Waals surface area contributed by atoms with E-state index in [1.807, 2.05) is 0 Å². The molecule has 10 heteroatoms. The van der Waals surface area contributed by atoms with Gasteiger partial charge in [0.1, 0.15) is 6.54 Å². The van der Waals surface area contributed by atoms with Crippen LogP contribution in [0.2, 0.25) is 0 Å². The Labute approximate surface area is 154 Å². The van der Waals surface area contributed by atoms with Gasteiger partial charge in [0, 0.05) is 11.8 Å². The molecule has 2 aromatic rings. The quantitative estimate of drug-likeness (QED) is 0.693. The molecular weight excluding hydrogens is 382 g/mol. The first-order chi connectivity index (χ1) is 12.7. The molecule has 27 heavy (non-hydrogen) atoms. The summed E-state index contributed by atoms with van der Waals surface area (Å²) in [5, 5.41) is 2.25. The summed E-state index contributed by atoms with van der Waals surface area (Å²) in [6, 6.07) is 10.1. The highest BCUT2D eigenvalue weighted by Gasteiger charge is 2.21. The molecule has 0 aliphatic heterocycles. The SMILES string of the molecule is C[C@H](OC(=O)CNS(=O)(=O)c1ccccc1)C(=O)Nc1ccc(F)c(F)c1. The van der Waals surface area contributed by atoms with Gasteiger partial charge in [-0.1, -0.05) is 18.2 Å². The number of carbonyl (C=O) groups is 2. The van der Waals surface area contributed by atoms with Gasteiger partial charge in [0.05, 0.1) is 4.90 Å². The average molecular weight is 398 g/mol. The summed E-state index contributed by atoms with van der Waals surface area (Å²) in [6.07, 6.45) is -1.29. The zero-order valence-electron chi connectivity index (χ0n) is 14.1. The molecule has 0 saturated heterocycles. The third kappa shape index (κ3) is 5.83. The Morgan fingerprint density at radius 1 is 1.07 bits per heavy atom. The van der Waals surface area contributed by atoms with Crippen molar-refractivity contribution >= 4 is 27.6 Å². The van der Waals surface area contributed by atoms with Crippen LogP contribution in [0.25, 0.3) is 0 Å². The van der Waals surface area contributed by atoms with Gasteiger partial charge in [-0.25, -0.2) is 17.2 Å². The lowest BCUT2D eigenvalue weighted by molar-refractivity contribution is -0.151. The Kier molecular flexibility index (Phi) is 6.59. The second-order valence-corrected chi connectivity index (χ2v) is 7.15. The minimum absolute atomic E-state index is 0.0217. The van der Waals surface area contributed by atoms with Crippen molar-refractivity contribution in [2.45, 2.75) is 17.9 Å². The summed E-state index contributed by atoms with van der Waals surface area (Å²) in [4.78, 5) is 23.6. The van der Waals surface area contributed by atoms with Gasteiger partial charge in [0.15, 0.2) is 17.7 Å². The second-order valence-electron chi connectivity index (χ2n) is 5.39. The zero-order valence-corrected chi connectivity index (χ0v) is 14.9. The van der Waals surface area contributed by atoms with E-state index in [1.165, 1.54) is 31.2 Å². The standard InChI is InChI=1S/C17H16F2N2O5S/c1-11(17(23)21-12-7-8-14(18)15(19)9-12)26-16(22)10-20-27(24,25)13-5-3-2-4-6-13/h2-9,11,20H,10H2,1H3,(H,21,23)/t11-/m0/s1. The van der Waals surface area contributed by atoms with E-state index >= 15 is 0 Å². The summed E-state index contributed by atoms with van der Waals surface area (Å²) in [6.45, 7) is 0.568. The average Bonchev–Trinajstić information content (AvgIpc) is 2.64. The number of halogens is 2. The number of hydrogen-bond acceptors (Lipinski definition) is 5. The molecule has 0 aliphatic carbocycles. The van der Waals surface area contributed by atoms with Gasteiger partial charge in [-0.05, 0) is 31.2 Å². The Hall–Kier alpha value is -2.85. The third-order valence-electron chi connectivity index (χ3n) is 3.32. The topological polar surface area (TPSA) is 102 Å². The van der Waals surface area contributed by atoms with Crippen LogP contribution in [-0.4, -0.2) is 32.9 Å². The van der Waals surface area contributed by atoms with E-state index in [1.54, 1.807) is 6.07 Å². The first kappa shape index (κ1) is 20.5. The molecular formula is C17H16F2N2O5S. The Morgan fingerprint density at radius 2 is 1.74 bits per heavy atom. The van der Waals surface area contributed by atoms with Gasteiger partial charge >= 0.3 is 5.97 Å². The highest BCUT2D eigenvalue weighted by atomic mass is 32.2. The van der Waals surface area contributed by atoms with Crippen LogP contribution in [0.3, 0.4) is 0 Å². The number of esters is 1. The molecule has 144 valence electrons. The zero-order chi connectivity index (χ0) is 20.0. The van der Waals surface area contributed by atoms with Crippen LogP contribution in [0.4, 0.5) is 14.5 Å². The van der Waals surface area contributed by atoms with E-state index in [2.05, 4.69) is 10.0 Å². The maximum absolute atomic E-state index is 13.1. The van der Waals surface area contributed by atoms with Crippen molar-refractivity contribution in [3.05, 3.63) is 60.2 Å². The summed E-state index contributed by atoms with van der Waals surface area (Å²) >= 11 is 0. The normalized spacial score (nSPS) is 12.3. The smallest absolute Gasteiger partial charge is 0.321 e. The molecule has 0 unspecified atom stereocenters. The van der Waals surface area contributed by atoms with Gasteiger partial charge in [-0.2, -0.15) is 4.72 Å². The fourth-order valence-electron chi connectivity index (χ4n) is 1.95. The van der Waals surface area contributed by atoms with Gasteiger partial charge in [-0.15, -0.1) is 0 Å². The van der Waals surface area contributed by atoms with Crippen LogP contribution in [0.15, 0.2) is 53.4 Å². The van der Waals surface area contributed by atoms with Crippen LogP contribution < -0.4 is 10.0 Å². The molecule has 2 rings (SSSR count). The molecule has 0 heterocycles. The number of benzene rings is 2. The molecule has 0 saturated carbocycles. The van der Waals surface area contributed by atoms with Gasteiger partial charge in [0.2, 0.25) is 10.0 Å². The molecule has 0 radical (unpaired) electrons. The molecule has 1 atom stereocenters. The Bertz CT molecular complexity index is 936. The summed E-state index contributed by atoms with van der Waals surface area (Å²) in [7, 11) is -3.90. The number of sulfonamides is 1. The number of nitrogens with one attached hydrogen (secondary N) is 2. The van der Waals surface area contributed by atoms with Crippen LogP contribution in [0.5, 0.6) is 0 Å². The van der Waals surface area contributed by atoms with E-state index in [0.29, 0.717) is 0 Å². The summed E-state index contributed by atoms with van der Waals surface area (Å²) in [5.41, 5.74) is -0.0217. The Balaban J connectivity index is 1.87. The lowest BCUT2D eigenvalue weighted by Crippen LogP contribution is -2.35. The van der Waals surface area contributed by atoms with Crippen molar-refractivity contribution in [2.24, 2.45) is 0 Å². The highest BCUT2D eigenvalue weighted by Crippen LogP contribution is 2.13. The van der Waals surface area contributed by atoms with E-state index in [4.69, 9.17) is 4.74 Å². The van der Waals surface area contributed by atoms with Crippen LogP contribution in [-0.2, 0) is 24.3 Å². The van der Waals surface area contributed by atoms with Crippen molar-refractivity contribution in [1.82, 2.24) is 4.72 Å². The molecule has 0 bridgehead atoms. The van der Waals surface area contributed by atoms with Crippen molar-refractivity contribution < 1.29 is 31.5 Å². The molecule has 7 nitrogen and oxygen atoms in total. The molecule has 0 aromatic heterocycles. The van der Waals surface area contributed by atoms with E-state index in [-0.39, 0.29) is 10.6 Å². The number of rotatable bonds is 7. The highest BCUT2D eigenvalue weighted by molar-refractivity contribution is 7.89. The van der Waals surface area contributed by atoms with Crippen molar-refractivity contribution in [1.29, 1.82) is 0 Å². The Morgan fingerprint density at radius 3 is 2.37 bits per heavy atom. The molecule has 0 aliphatic rings. The first-order valence-corrected chi connectivity index (χ1v) is 9.17. The van der Waals surface area contributed by atoms with Crippen molar-refractivity contribution in [2.75, 3.05) is 11.9 Å². The van der Waals surface area contributed by atoms with Crippen molar-refractivity contribution in [3.63, 3.8) is 0 Å². The third-order valence-corrected chi connectivity index (χ3v) is 4.74. The number of hydrogen-bond donors (Lipinski definition) is 2. The minimum Gasteiger partial charge on any atom is -0.452 e.